The second kappa shape index (κ2) is 7.41. The minimum atomic E-state index is -3.48. The zero-order chi connectivity index (χ0) is 19.0. The predicted octanol–water partition coefficient (Wildman–Crippen LogP) is 0.958. The van der Waals surface area contributed by atoms with Gasteiger partial charge in [-0.25, -0.2) is 13.1 Å². The van der Waals surface area contributed by atoms with E-state index in [0.29, 0.717) is 42.0 Å². The number of aryl methyl sites for hydroxylation is 1. The molecule has 2 bridgehead atoms. The highest BCUT2D eigenvalue weighted by Crippen LogP contribution is 2.47. The molecule has 0 aliphatic carbocycles. The van der Waals surface area contributed by atoms with Crippen LogP contribution in [0, 0.1) is 18.8 Å². The van der Waals surface area contributed by atoms with E-state index in [1.54, 1.807) is 31.3 Å². The Kier molecular flexibility index (Phi) is 5.13. The molecule has 4 atom stereocenters. The van der Waals surface area contributed by atoms with Crippen LogP contribution in [0.5, 0.6) is 0 Å². The fourth-order valence-electron chi connectivity index (χ4n) is 4.63. The Morgan fingerprint density at radius 2 is 1.78 bits per heavy atom. The van der Waals surface area contributed by atoms with Crippen LogP contribution in [-0.2, 0) is 14.8 Å². The maximum absolute atomic E-state index is 12.3. The molecule has 4 rings (SSSR count). The zero-order valence-electron chi connectivity index (χ0n) is 15.9. The van der Waals surface area contributed by atoms with Crippen LogP contribution in [0.25, 0.3) is 0 Å². The van der Waals surface area contributed by atoms with Crippen LogP contribution >= 0.6 is 0 Å². The van der Waals surface area contributed by atoms with Crippen molar-refractivity contribution in [1.29, 1.82) is 0 Å². The fourth-order valence-corrected chi connectivity index (χ4v) is 5.66. The summed E-state index contributed by atoms with van der Waals surface area (Å²) in [7, 11) is -1.70. The van der Waals surface area contributed by atoms with Crippen LogP contribution in [0.15, 0.2) is 34.2 Å². The van der Waals surface area contributed by atoms with Gasteiger partial charge in [-0.15, -0.1) is 0 Å². The standard InChI is InChI=1S/C19H28N4O3S/c1-13-3-5-14(6-4-13)27(24,25)22-10-9-21-19(20-2)23-11-15-16(12-23)18-8-7-17(15)26-18/h3-6,15-18,22H,7-12H2,1-2H3,(H,20,21). The summed E-state index contributed by atoms with van der Waals surface area (Å²) >= 11 is 0. The van der Waals surface area contributed by atoms with E-state index in [2.05, 4.69) is 19.9 Å². The van der Waals surface area contributed by atoms with Gasteiger partial charge in [-0.3, -0.25) is 4.99 Å². The third-order valence-corrected chi connectivity index (χ3v) is 7.47. The molecule has 7 nitrogen and oxygen atoms in total. The van der Waals surface area contributed by atoms with Crippen molar-refractivity contribution >= 4 is 16.0 Å². The second-order valence-corrected chi connectivity index (χ2v) is 9.47. The molecule has 0 saturated carbocycles. The number of likely N-dealkylation sites (tertiary alicyclic amines) is 1. The van der Waals surface area contributed by atoms with E-state index in [4.69, 9.17) is 4.74 Å². The van der Waals surface area contributed by atoms with Gasteiger partial charge in [-0.2, -0.15) is 0 Å². The molecule has 0 spiro atoms. The molecule has 3 aliphatic rings. The summed E-state index contributed by atoms with van der Waals surface area (Å²) in [4.78, 5) is 6.96. The molecule has 3 aliphatic heterocycles. The quantitative estimate of drug-likeness (QED) is 0.443. The van der Waals surface area contributed by atoms with Gasteiger partial charge in [-0.1, -0.05) is 17.7 Å². The van der Waals surface area contributed by atoms with Crippen LogP contribution in [0.2, 0.25) is 0 Å². The Morgan fingerprint density at radius 3 is 2.37 bits per heavy atom. The van der Waals surface area contributed by atoms with E-state index in [1.165, 1.54) is 12.8 Å². The summed E-state index contributed by atoms with van der Waals surface area (Å²) in [6.45, 7) is 4.68. The smallest absolute Gasteiger partial charge is 0.240 e. The molecule has 4 unspecified atom stereocenters. The normalized spacial score (nSPS) is 30.0. The molecule has 0 aromatic heterocycles. The van der Waals surface area contributed by atoms with Crippen molar-refractivity contribution in [3.63, 3.8) is 0 Å². The molecule has 148 valence electrons. The largest absolute Gasteiger partial charge is 0.374 e. The summed E-state index contributed by atoms with van der Waals surface area (Å²) in [6, 6.07) is 6.86. The topological polar surface area (TPSA) is 83.0 Å². The molecule has 0 amide bonds. The Bertz CT molecular complexity index is 791. The minimum Gasteiger partial charge on any atom is -0.374 e. The third kappa shape index (κ3) is 3.70. The van der Waals surface area contributed by atoms with Crippen LogP contribution < -0.4 is 10.0 Å². The first-order valence-electron chi connectivity index (χ1n) is 9.65. The van der Waals surface area contributed by atoms with E-state index in [9.17, 15) is 8.42 Å². The molecule has 1 aromatic carbocycles. The SMILES string of the molecule is CN=C(NCCNS(=O)(=O)c1ccc(C)cc1)N1CC2C3CCC(O3)C2C1. The molecule has 3 fully saturated rings. The number of guanidine groups is 1. The van der Waals surface area contributed by atoms with Crippen molar-refractivity contribution in [3.8, 4) is 0 Å². The number of nitrogens with zero attached hydrogens (tertiary/aromatic N) is 2. The van der Waals surface area contributed by atoms with Crippen LogP contribution in [-0.4, -0.2) is 64.7 Å². The first-order chi connectivity index (χ1) is 13.0. The van der Waals surface area contributed by atoms with Gasteiger partial charge in [0, 0.05) is 45.1 Å². The lowest BCUT2D eigenvalue weighted by atomic mass is 9.82. The van der Waals surface area contributed by atoms with Crippen LogP contribution in [0.1, 0.15) is 18.4 Å². The molecular weight excluding hydrogens is 364 g/mol. The zero-order valence-corrected chi connectivity index (χ0v) is 16.7. The molecule has 1 aromatic rings. The number of rotatable bonds is 5. The summed E-state index contributed by atoms with van der Waals surface area (Å²) in [5, 5.41) is 3.29. The van der Waals surface area contributed by atoms with Crippen molar-refractivity contribution in [2.24, 2.45) is 16.8 Å². The first-order valence-corrected chi connectivity index (χ1v) is 11.1. The van der Waals surface area contributed by atoms with Crippen molar-refractivity contribution in [3.05, 3.63) is 29.8 Å². The second-order valence-electron chi connectivity index (χ2n) is 7.71. The van der Waals surface area contributed by atoms with Gasteiger partial charge in [0.1, 0.15) is 0 Å². The fraction of sp³-hybridized carbons (Fsp3) is 0.632. The Hall–Kier alpha value is -1.64. The van der Waals surface area contributed by atoms with Crippen molar-refractivity contribution < 1.29 is 13.2 Å². The lowest BCUT2D eigenvalue weighted by molar-refractivity contribution is 0.0767. The summed E-state index contributed by atoms with van der Waals surface area (Å²) in [6.07, 6.45) is 3.22. The highest BCUT2D eigenvalue weighted by atomic mass is 32.2. The van der Waals surface area contributed by atoms with Gasteiger partial charge in [0.15, 0.2) is 5.96 Å². The Morgan fingerprint density at radius 1 is 1.15 bits per heavy atom. The molecular formula is C19H28N4O3S. The van der Waals surface area contributed by atoms with E-state index < -0.39 is 10.0 Å². The monoisotopic (exact) mass is 392 g/mol. The number of aliphatic imine (C=N–C) groups is 1. The predicted molar refractivity (Wildman–Crippen MR) is 104 cm³/mol. The average molecular weight is 393 g/mol. The van der Waals surface area contributed by atoms with E-state index in [-0.39, 0.29) is 0 Å². The van der Waals surface area contributed by atoms with Gasteiger partial charge in [0.2, 0.25) is 10.0 Å². The Labute approximate surface area is 161 Å². The van der Waals surface area contributed by atoms with Crippen LogP contribution in [0.3, 0.4) is 0 Å². The number of sulfonamides is 1. The number of benzene rings is 1. The van der Waals surface area contributed by atoms with E-state index in [1.807, 2.05) is 6.92 Å². The molecule has 3 heterocycles. The van der Waals surface area contributed by atoms with Gasteiger partial charge in [0.25, 0.3) is 0 Å². The van der Waals surface area contributed by atoms with Gasteiger partial charge in [0.05, 0.1) is 17.1 Å². The minimum absolute atomic E-state index is 0.292. The van der Waals surface area contributed by atoms with Crippen molar-refractivity contribution in [1.82, 2.24) is 14.9 Å². The molecule has 3 saturated heterocycles. The average Bonchev–Trinajstić information content (AvgIpc) is 3.35. The Balaban J connectivity index is 1.26. The number of hydrogen-bond donors (Lipinski definition) is 2. The number of fused-ring (bicyclic) bond motifs is 5. The number of nitrogens with one attached hydrogen (secondary N) is 2. The lowest BCUT2D eigenvalue weighted by Crippen LogP contribution is -2.44. The first kappa shape index (κ1) is 18.7. The van der Waals surface area contributed by atoms with E-state index >= 15 is 0 Å². The summed E-state index contributed by atoms with van der Waals surface area (Å²) in [5.74, 6) is 2.07. The molecule has 8 heteroatoms. The summed E-state index contributed by atoms with van der Waals surface area (Å²) in [5.41, 5.74) is 1.04. The number of hydrogen-bond acceptors (Lipinski definition) is 4. The third-order valence-electron chi connectivity index (χ3n) is 6.00. The molecule has 0 radical (unpaired) electrons. The maximum Gasteiger partial charge on any atom is 0.240 e. The molecule has 2 N–H and O–H groups in total. The van der Waals surface area contributed by atoms with Gasteiger partial charge >= 0.3 is 0 Å². The molecule has 27 heavy (non-hydrogen) atoms. The van der Waals surface area contributed by atoms with Crippen molar-refractivity contribution in [2.75, 3.05) is 33.2 Å². The van der Waals surface area contributed by atoms with Gasteiger partial charge < -0.3 is 15.0 Å². The van der Waals surface area contributed by atoms with Crippen LogP contribution in [0.4, 0.5) is 0 Å². The van der Waals surface area contributed by atoms with Gasteiger partial charge in [-0.05, 0) is 31.9 Å². The highest BCUT2D eigenvalue weighted by Gasteiger charge is 2.53. The van der Waals surface area contributed by atoms with Crippen molar-refractivity contribution in [2.45, 2.75) is 36.9 Å². The maximum atomic E-state index is 12.3. The number of ether oxygens (including phenoxy) is 1. The lowest BCUT2D eigenvalue weighted by Gasteiger charge is -2.23. The van der Waals surface area contributed by atoms with E-state index in [0.717, 1.165) is 24.6 Å². The highest BCUT2D eigenvalue weighted by molar-refractivity contribution is 7.89. The summed E-state index contributed by atoms with van der Waals surface area (Å²) < 4.78 is 33.3.